The molecule has 1 heterocycles. The van der Waals surface area contributed by atoms with E-state index in [4.69, 9.17) is 10.1 Å². The van der Waals surface area contributed by atoms with Gasteiger partial charge in [0.1, 0.15) is 0 Å². The van der Waals surface area contributed by atoms with Gasteiger partial charge in [0.25, 0.3) is 0 Å². The zero-order valence-electron chi connectivity index (χ0n) is 7.34. The molecule has 0 atom stereocenters. The number of ether oxygens (including phenoxy) is 1. The number of nitrogens with one attached hydrogen (secondary N) is 2. The fraction of sp³-hybridized carbons (Fsp3) is 0.625. The van der Waals surface area contributed by atoms with Crippen LogP contribution < -0.4 is 5.32 Å². The smallest absolute Gasteiger partial charge is 0.0705 e. The minimum atomic E-state index is 0.759. The highest BCUT2D eigenvalue weighted by Gasteiger charge is 2.11. The maximum Gasteiger partial charge on any atom is 0.0705 e. The lowest BCUT2D eigenvalue weighted by Gasteiger charge is -2.28. The highest BCUT2D eigenvalue weighted by Crippen LogP contribution is 2.03. The molecular formula is C8H15N3O. The van der Waals surface area contributed by atoms with Crippen molar-refractivity contribution in [2.75, 3.05) is 33.4 Å². The first kappa shape index (κ1) is 9.06. The van der Waals surface area contributed by atoms with E-state index in [2.05, 4.69) is 10.2 Å². The monoisotopic (exact) mass is 169 g/mol. The maximum absolute atomic E-state index is 7.18. The molecule has 0 spiro atoms. The highest BCUT2D eigenvalue weighted by atomic mass is 16.5. The van der Waals surface area contributed by atoms with Crippen LogP contribution in [0.2, 0.25) is 0 Å². The fourth-order valence-corrected chi connectivity index (χ4v) is 1.19. The van der Waals surface area contributed by atoms with E-state index in [1.807, 2.05) is 13.2 Å². The van der Waals surface area contributed by atoms with Crippen molar-refractivity contribution in [3.05, 3.63) is 11.9 Å². The van der Waals surface area contributed by atoms with Crippen LogP contribution in [0.3, 0.4) is 0 Å². The Bertz CT molecular complexity index is 173. The largest absolute Gasteiger partial charge is 0.392 e. The summed E-state index contributed by atoms with van der Waals surface area (Å²) in [6.07, 6.45) is 3.19. The van der Waals surface area contributed by atoms with E-state index < -0.39 is 0 Å². The van der Waals surface area contributed by atoms with E-state index in [-0.39, 0.29) is 0 Å². The molecule has 2 N–H and O–H groups in total. The Labute approximate surface area is 72.7 Å². The summed E-state index contributed by atoms with van der Waals surface area (Å²) in [5.41, 5.74) is 0.917. The third kappa shape index (κ3) is 2.23. The normalized spacial score (nSPS) is 19.1. The first-order valence-corrected chi connectivity index (χ1v) is 4.09. The number of hydrogen-bond acceptors (Lipinski definition) is 4. The van der Waals surface area contributed by atoms with Crippen LogP contribution in [0.25, 0.3) is 0 Å². The van der Waals surface area contributed by atoms with Crippen LogP contribution in [-0.4, -0.2) is 44.5 Å². The number of allylic oxidation sites excluding steroid dienone is 1. The fourth-order valence-electron chi connectivity index (χ4n) is 1.19. The second-order valence-electron chi connectivity index (χ2n) is 2.60. The molecule has 0 aromatic heterocycles. The SMILES string of the molecule is CN/C=C(\C=N)N1CCOCC1. The lowest BCUT2D eigenvalue weighted by atomic mass is 10.3. The summed E-state index contributed by atoms with van der Waals surface area (Å²) < 4.78 is 5.21. The van der Waals surface area contributed by atoms with Crippen LogP contribution in [-0.2, 0) is 4.74 Å². The van der Waals surface area contributed by atoms with Gasteiger partial charge in [-0.2, -0.15) is 0 Å². The van der Waals surface area contributed by atoms with Gasteiger partial charge in [-0.25, -0.2) is 0 Å². The van der Waals surface area contributed by atoms with E-state index in [1.165, 1.54) is 6.21 Å². The molecule has 0 unspecified atom stereocenters. The Morgan fingerprint density at radius 1 is 1.50 bits per heavy atom. The molecule has 0 bridgehead atoms. The first-order chi connectivity index (χ1) is 5.88. The van der Waals surface area contributed by atoms with Crippen LogP contribution >= 0.6 is 0 Å². The Kier molecular flexibility index (Phi) is 3.60. The number of morpholine rings is 1. The predicted molar refractivity (Wildman–Crippen MR) is 48.3 cm³/mol. The molecule has 0 radical (unpaired) electrons. The molecule has 0 amide bonds. The van der Waals surface area contributed by atoms with Crippen molar-refractivity contribution < 1.29 is 4.74 Å². The van der Waals surface area contributed by atoms with Crippen LogP contribution in [0.5, 0.6) is 0 Å². The molecule has 0 aromatic carbocycles. The van der Waals surface area contributed by atoms with Crippen LogP contribution in [0.1, 0.15) is 0 Å². The zero-order valence-corrected chi connectivity index (χ0v) is 7.34. The van der Waals surface area contributed by atoms with E-state index in [9.17, 15) is 0 Å². The third-order valence-corrected chi connectivity index (χ3v) is 1.82. The third-order valence-electron chi connectivity index (χ3n) is 1.82. The Morgan fingerprint density at radius 2 is 2.17 bits per heavy atom. The topological polar surface area (TPSA) is 48.4 Å². The summed E-state index contributed by atoms with van der Waals surface area (Å²) in [4.78, 5) is 2.13. The molecule has 1 aliphatic heterocycles. The average Bonchev–Trinajstić information content (AvgIpc) is 2.15. The molecule has 1 aliphatic rings. The van der Waals surface area contributed by atoms with E-state index in [0.717, 1.165) is 32.0 Å². The van der Waals surface area contributed by atoms with Gasteiger partial charge in [0.15, 0.2) is 0 Å². The molecule has 0 saturated carbocycles. The molecule has 0 aliphatic carbocycles. The van der Waals surface area contributed by atoms with Crippen LogP contribution in [0.4, 0.5) is 0 Å². The second-order valence-corrected chi connectivity index (χ2v) is 2.60. The molecule has 1 saturated heterocycles. The second kappa shape index (κ2) is 4.77. The lowest BCUT2D eigenvalue weighted by Crippen LogP contribution is -2.36. The number of nitrogens with zero attached hydrogens (tertiary/aromatic N) is 1. The summed E-state index contributed by atoms with van der Waals surface area (Å²) in [7, 11) is 1.84. The van der Waals surface area contributed by atoms with Crippen molar-refractivity contribution >= 4 is 6.21 Å². The maximum atomic E-state index is 7.18. The van der Waals surface area contributed by atoms with Crippen molar-refractivity contribution in [3.63, 3.8) is 0 Å². The average molecular weight is 169 g/mol. The van der Waals surface area contributed by atoms with E-state index in [0.29, 0.717) is 0 Å². The molecule has 1 rings (SSSR count). The van der Waals surface area contributed by atoms with E-state index in [1.54, 1.807) is 0 Å². The van der Waals surface area contributed by atoms with Crippen LogP contribution in [0.15, 0.2) is 11.9 Å². The molecule has 4 heteroatoms. The summed E-state index contributed by atoms with van der Waals surface area (Å²) in [5.74, 6) is 0. The molecular weight excluding hydrogens is 154 g/mol. The van der Waals surface area contributed by atoms with Crippen LogP contribution in [0, 0.1) is 5.41 Å². The minimum Gasteiger partial charge on any atom is -0.392 e. The molecule has 4 nitrogen and oxygen atoms in total. The lowest BCUT2D eigenvalue weighted by molar-refractivity contribution is 0.0565. The summed E-state index contributed by atoms with van der Waals surface area (Å²) >= 11 is 0. The Hall–Kier alpha value is -1.03. The quantitative estimate of drug-likeness (QED) is 0.586. The summed E-state index contributed by atoms with van der Waals surface area (Å²) in [6.45, 7) is 3.27. The van der Waals surface area contributed by atoms with Gasteiger partial charge in [0.2, 0.25) is 0 Å². The zero-order chi connectivity index (χ0) is 8.81. The van der Waals surface area contributed by atoms with Crippen molar-refractivity contribution in [2.45, 2.75) is 0 Å². The van der Waals surface area contributed by atoms with Gasteiger partial charge < -0.3 is 20.4 Å². The van der Waals surface area contributed by atoms with Gasteiger partial charge in [-0.15, -0.1) is 0 Å². The van der Waals surface area contributed by atoms with Gasteiger partial charge >= 0.3 is 0 Å². The Morgan fingerprint density at radius 3 is 2.67 bits per heavy atom. The molecule has 68 valence electrons. The van der Waals surface area contributed by atoms with Gasteiger partial charge in [0, 0.05) is 32.6 Å². The molecule has 12 heavy (non-hydrogen) atoms. The summed E-state index contributed by atoms with van der Waals surface area (Å²) in [6, 6.07) is 0. The standard InChI is InChI=1S/C8H15N3O/c1-10-7-8(6-9)11-2-4-12-5-3-11/h6-7,9-10H,2-5H2,1H3/b8-7+,9-6?. The first-order valence-electron chi connectivity index (χ1n) is 4.09. The molecule has 0 aromatic rings. The van der Waals surface area contributed by atoms with Gasteiger partial charge in [0.05, 0.1) is 18.9 Å². The van der Waals surface area contributed by atoms with Crippen molar-refractivity contribution in [1.82, 2.24) is 10.2 Å². The van der Waals surface area contributed by atoms with Crippen molar-refractivity contribution in [1.29, 1.82) is 5.41 Å². The van der Waals surface area contributed by atoms with Gasteiger partial charge in [-0.05, 0) is 0 Å². The molecule has 1 fully saturated rings. The predicted octanol–water partition coefficient (Wildman–Crippen LogP) is 0.0290. The van der Waals surface area contributed by atoms with Crippen molar-refractivity contribution in [3.8, 4) is 0 Å². The van der Waals surface area contributed by atoms with Gasteiger partial charge in [-0.1, -0.05) is 0 Å². The number of hydrogen-bond donors (Lipinski definition) is 2. The van der Waals surface area contributed by atoms with Gasteiger partial charge in [-0.3, -0.25) is 0 Å². The minimum absolute atomic E-state index is 0.759. The Balaban J connectivity index is 2.51. The highest BCUT2D eigenvalue weighted by molar-refractivity contribution is 5.74. The van der Waals surface area contributed by atoms with E-state index >= 15 is 0 Å². The summed E-state index contributed by atoms with van der Waals surface area (Å²) in [5, 5.41) is 10.1. The number of rotatable bonds is 3. The van der Waals surface area contributed by atoms with Crippen molar-refractivity contribution in [2.24, 2.45) is 0 Å².